The van der Waals surface area contributed by atoms with Gasteiger partial charge in [0.2, 0.25) is 15.9 Å². The third kappa shape index (κ3) is 3.45. The van der Waals surface area contributed by atoms with Gasteiger partial charge < -0.3 is 10.0 Å². The van der Waals surface area contributed by atoms with Crippen LogP contribution in [0.15, 0.2) is 59.5 Å². The number of hydrogen-bond acceptors (Lipinski definition) is 4. The summed E-state index contributed by atoms with van der Waals surface area (Å²) in [6.45, 7) is 1.52. The van der Waals surface area contributed by atoms with Crippen LogP contribution in [-0.2, 0) is 14.8 Å². The highest BCUT2D eigenvalue weighted by Gasteiger charge is 2.55. The summed E-state index contributed by atoms with van der Waals surface area (Å²) in [5, 5.41) is 9.87. The van der Waals surface area contributed by atoms with E-state index in [2.05, 4.69) is 0 Å². The highest BCUT2D eigenvalue weighted by molar-refractivity contribution is 7.89. The number of aliphatic hydroxyl groups excluding tert-OH is 1. The Morgan fingerprint density at radius 1 is 1.20 bits per heavy atom. The molecule has 2 saturated heterocycles. The molecule has 0 aliphatic carbocycles. The molecule has 0 aromatic heterocycles. The Morgan fingerprint density at radius 2 is 1.93 bits per heavy atom. The molecule has 1 N–H and O–H groups in total. The third-order valence-electron chi connectivity index (χ3n) is 5.84. The lowest BCUT2D eigenvalue weighted by molar-refractivity contribution is -0.158. The van der Waals surface area contributed by atoms with E-state index in [4.69, 9.17) is 0 Å². The zero-order valence-corrected chi connectivity index (χ0v) is 17.3. The molecule has 0 saturated carbocycles. The second-order valence-corrected chi connectivity index (χ2v) is 9.50. The zero-order valence-electron chi connectivity index (χ0n) is 16.5. The van der Waals surface area contributed by atoms with Gasteiger partial charge in [-0.25, -0.2) is 12.8 Å². The lowest BCUT2D eigenvalue weighted by Crippen LogP contribution is -2.73. The average molecular weight is 431 g/mol. The number of halogens is 1. The normalized spacial score (nSPS) is 24.7. The summed E-state index contributed by atoms with van der Waals surface area (Å²) in [5.41, 5.74) is 1.98. The minimum absolute atomic E-state index is 0.0996. The molecule has 2 fully saturated rings. The summed E-state index contributed by atoms with van der Waals surface area (Å²) in [6, 6.07) is 11.8. The van der Waals surface area contributed by atoms with Gasteiger partial charge in [0.15, 0.2) is 0 Å². The summed E-state index contributed by atoms with van der Waals surface area (Å²) < 4.78 is 40.7. The number of nitrogens with zero attached hydrogens (tertiary/aromatic N) is 2. The molecular formula is C22H23FN2O4S. The summed E-state index contributed by atoms with van der Waals surface area (Å²) in [4.78, 5) is 14.1. The maximum absolute atomic E-state index is 13.6. The van der Waals surface area contributed by atoms with E-state index >= 15 is 0 Å². The van der Waals surface area contributed by atoms with Crippen LogP contribution >= 0.6 is 0 Å². The molecule has 30 heavy (non-hydrogen) atoms. The summed E-state index contributed by atoms with van der Waals surface area (Å²) in [7, 11) is -4.01. The Hall–Kier alpha value is -2.55. The fraction of sp³-hybridized carbons (Fsp3) is 0.318. The Bertz CT molecular complexity index is 1080. The van der Waals surface area contributed by atoms with Crippen molar-refractivity contribution < 1.29 is 22.7 Å². The van der Waals surface area contributed by atoms with Crippen LogP contribution in [0.2, 0.25) is 0 Å². The molecule has 0 spiro atoms. The van der Waals surface area contributed by atoms with E-state index in [0.717, 1.165) is 21.5 Å². The molecule has 1 amide bonds. The summed E-state index contributed by atoms with van der Waals surface area (Å²) in [6.07, 6.45) is 3.91. The summed E-state index contributed by atoms with van der Waals surface area (Å²) >= 11 is 0. The van der Waals surface area contributed by atoms with Crippen molar-refractivity contribution in [2.75, 3.05) is 19.7 Å². The number of carbonyl (C=O) groups excluding carboxylic acids is 1. The smallest absolute Gasteiger partial charge is 0.243 e. The van der Waals surface area contributed by atoms with E-state index in [0.29, 0.717) is 0 Å². The standard InChI is InChI=1S/C22H23FN2O4S/c1-2-4-15-7-9-16(10-8-15)22-19-12-24(13-21(27)25(19)20(22)14-26)30(28,29)18-6-3-5-17(23)11-18/h2-11,19-20,22,26H,12-14H2,1H3/b4-2+/t19-,20+,22+/m1/s1. The number of allylic oxidation sites excluding steroid dienone is 1. The topological polar surface area (TPSA) is 77.9 Å². The van der Waals surface area contributed by atoms with Crippen LogP contribution in [0, 0.1) is 5.82 Å². The van der Waals surface area contributed by atoms with E-state index in [1.165, 1.54) is 18.2 Å². The number of piperazine rings is 1. The number of rotatable bonds is 5. The molecule has 4 rings (SSSR count). The van der Waals surface area contributed by atoms with Crippen LogP contribution in [-0.4, -0.2) is 60.4 Å². The summed E-state index contributed by atoms with van der Waals surface area (Å²) in [5.74, 6) is -1.18. The van der Waals surface area contributed by atoms with Gasteiger partial charge in [-0.3, -0.25) is 4.79 Å². The van der Waals surface area contributed by atoms with Gasteiger partial charge in [-0.15, -0.1) is 0 Å². The van der Waals surface area contributed by atoms with Gasteiger partial charge in [-0.2, -0.15) is 4.31 Å². The monoisotopic (exact) mass is 430 g/mol. The Balaban J connectivity index is 1.63. The van der Waals surface area contributed by atoms with Gasteiger partial charge in [-0.05, 0) is 36.2 Å². The second-order valence-electron chi connectivity index (χ2n) is 7.57. The molecule has 2 aromatic rings. The predicted molar refractivity (Wildman–Crippen MR) is 111 cm³/mol. The van der Waals surface area contributed by atoms with Crippen LogP contribution in [0.3, 0.4) is 0 Å². The Kier molecular flexibility index (Phi) is 5.48. The maximum atomic E-state index is 13.6. The SMILES string of the molecule is C/C=C/c1ccc([C@H]2[C@H]3CN(S(=O)(=O)c4cccc(F)c4)CC(=O)N3[C@H]2CO)cc1. The van der Waals surface area contributed by atoms with Gasteiger partial charge in [0.25, 0.3) is 0 Å². The van der Waals surface area contributed by atoms with Crippen molar-refractivity contribution in [3.05, 3.63) is 71.6 Å². The average Bonchev–Trinajstić information content (AvgIpc) is 2.71. The molecular weight excluding hydrogens is 407 g/mol. The third-order valence-corrected chi connectivity index (χ3v) is 7.64. The van der Waals surface area contributed by atoms with Gasteiger partial charge in [-0.1, -0.05) is 42.5 Å². The fourth-order valence-electron chi connectivity index (χ4n) is 4.45. The van der Waals surface area contributed by atoms with Crippen molar-refractivity contribution in [1.82, 2.24) is 9.21 Å². The van der Waals surface area contributed by atoms with Gasteiger partial charge in [0.05, 0.1) is 30.1 Å². The zero-order chi connectivity index (χ0) is 21.5. The van der Waals surface area contributed by atoms with E-state index in [1.54, 1.807) is 4.90 Å². The first-order chi connectivity index (χ1) is 14.4. The molecule has 0 bridgehead atoms. The lowest BCUT2D eigenvalue weighted by atomic mass is 9.74. The van der Waals surface area contributed by atoms with E-state index < -0.39 is 15.8 Å². The van der Waals surface area contributed by atoms with Crippen LogP contribution in [0.4, 0.5) is 4.39 Å². The Morgan fingerprint density at radius 3 is 2.57 bits per heavy atom. The number of hydrogen-bond donors (Lipinski definition) is 1. The number of benzene rings is 2. The van der Waals surface area contributed by atoms with Gasteiger partial charge >= 0.3 is 0 Å². The minimum atomic E-state index is -4.01. The molecule has 158 valence electrons. The van der Waals surface area contributed by atoms with Crippen LogP contribution < -0.4 is 0 Å². The molecule has 8 heteroatoms. The van der Waals surface area contributed by atoms with Crippen molar-refractivity contribution in [2.45, 2.75) is 29.8 Å². The molecule has 6 nitrogen and oxygen atoms in total. The molecule has 2 aromatic carbocycles. The number of fused-ring (bicyclic) bond motifs is 1. The molecule has 2 heterocycles. The van der Waals surface area contributed by atoms with Crippen molar-refractivity contribution in [3.63, 3.8) is 0 Å². The first-order valence-electron chi connectivity index (χ1n) is 9.77. The first kappa shape index (κ1) is 20.7. The molecule has 0 radical (unpaired) electrons. The van der Waals surface area contributed by atoms with Crippen molar-refractivity contribution >= 4 is 22.0 Å². The number of carbonyl (C=O) groups is 1. The first-order valence-corrected chi connectivity index (χ1v) is 11.2. The fourth-order valence-corrected chi connectivity index (χ4v) is 5.89. The number of amides is 1. The maximum Gasteiger partial charge on any atom is 0.243 e. The highest BCUT2D eigenvalue weighted by atomic mass is 32.2. The van der Waals surface area contributed by atoms with Crippen molar-refractivity contribution in [3.8, 4) is 0 Å². The van der Waals surface area contributed by atoms with Crippen LogP contribution in [0.1, 0.15) is 24.0 Å². The Labute approximate surface area is 175 Å². The van der Waals surface area contributed by atoms with E-state index in [1.807, 2.05) is 43.3 Å². The molecule has 0 unspecified atom stereocenters. The lowest BCUT2D eigenvalue weighted by Gasteiger charge is -2.58. The van der Waals surface area contributed by atoms with Gasteiger partial charge in [0, 0.05) is 12.5 Å². The van der Waals surface area contributed by atoms with Gasteiger partial charge in [0.1, 0.15) is 5.82 Å². The molecule has 2 aliphatic rings. The second kappa shape index (κ2) is 7.94. The van der Waals surface area contributed by atoms with Crippen LogP contribution in [0.5, 0.6) is 0 Å². The van der Waals surface area contributed by atoms with Crippen LogP contribution in [0.25, 0.3) is 6.08 Å². The predicted octanol–water partition coefficient (Wildman–Crippen LogP) is 2.22. The van der Waals surface area contributed by atoms with E-state index in [9.17, 15) is 22.7 Å². The van der Waals surface area contributed by atoms with E-state index in [-0.39, 0.29) is 48.5 Å². The largest absolute Gasteiger partial charge is 0.394 e. The minimum Gasteiger partial charge on any atom is -0.394 e. The number of sulfonamides is 1. The number of aliphatic hydroxyl groups is 1. The quantitative estimate of drug-likeness (QED) is 0.789. The van der Waals surface area contributed by atoms with Crippen molar-refractivity contribution in [2.24, 2.45) is 0 Å². The highest BCUT2D eigenvalue weighted by Crippen LogP contribution is 2.43. The molecule has 3 atom stereocenters. The van der Waals surface area contributed by atoms with Crippen molar-refractivity contribution in [1.29, 1.82) is 0 Å². The molecule has 2 aliphatic heterocycles.